The minimum absolute atomic E-state index is 0.576. The standard InChI is InChI=1S/C57H36N4O/c1-5-18-37(19-6-1)41-32-42(38-20-7-2-8-21-38)34-43(33-41)48-35-44(61-50-29-15-13-26-45(50)46-27-14-16-30-51(46)61)36-49-53-47(28-17-31-52(53)62-54(48)49)57-59-55(39-22-9-3-10-23-39)58-56(60-57)40-24-11-4-12-25-40/h1-36H. The van der Waals surface area contributed by atoms with E-state index in [1.54, 1.807) is 0 Å². The summed E-state index contributed by atoms with van der Waals surface area (Å²) in [5.74, 6) is 1.79. The molecule has 5 heteroatoms. The molecule has 3 aromatic heterocycles. The minimum atomic E-state index is 0.576. The lowest BCUT2D eigenvalue weighted by Crippen LogP contribution is -2.00. The number of furan rings is 1. The van der Waals surface area contributed by atoms with E-state index in [0.29, 0.717) is 17.5 Å². The molecule has 0 bridgehead atoms. The van der Waals surface area contributed by atoms with Crippen molar-refractivity contribution in [2.75, 3.05) is 0 Å². The number of hydrogen-bond acceptors (Lipinski definition) is 4. The van der Waals surface area contributed by atoms with Gasteiger partial charge in [0, 0.05) is 49.5 Å². The van der Waals surface area contributed by atoms with Crippen LogP contribution in [0.15, 0.2) is 223 Å². The van der Waals surface area contributed by atoms with E-state index in [4.69, 9.17) is 19.4 Å². The van der Waals surface area contributed by atoms with Crippen LogP contribution in [0, 0.1) is 0 Å². The largest absolute Gasteiger partial charge is 0.455 e. The van der Waals surface area contributed by atoms with Crippen LogP contribution in [0.2, 0.25) is 0 Å². The monoisotopic (exact) mass is 792 g/mol. The van der Waals surface area contributed by atoms with E-state index < -0.39 is 0 Å². The number of rotatable bonds is 7. The van der Waals surface area contributed by atoms with Crippen molar-refractivity contribution in [3.05, 3.63) is 218 Å². The molecule has 12 rings (SSSR count). The van der Waals surface area contributed by atoms with Crippen molar-refractivity contribution < 1.29 is 4.42 Å². The first kappa shape index (κ1) is 35.5. The van der Waals surface area contributed by atoms with E-state index in [1.807, 2.05) is 66.7 Å². The summed E-state index contributed by atoms with van der Waals surface area (Å²) in [6.07, 6.45) is 0. The third-order valence-electron chi connectivity index (χ3n) is 11.8. The van der Waals surface area contributed by atoms with Gasteiger partial charge >= 0.3 is 0 Å². The third-order valence-corrected chi connectivity index (χ3v) is 11.8. The number of para-hydroxylation sites is 2. The highest BCUT2D eigenvalue weighted by Gasteiger charge is 2.23. The Morgan fingerprint density at radius 3 is 1.34 bits per heavy atom. The van der Waals surface area contributed by atoms with Gasteiger partial charge in [0.1, 0.15) is 11.2 Å². The Balaban J connectivity index is 1.19. The van der Waals surface area contributed by atoms with Crippen LogP contribution in [0.5, 0.6) is 0 Å². The van der Waals surface area contributed by atoms with E-state index in [1.165, 1.54) is 10.8 Å². The van der Waals surface area contributed by atoms with Gasteiger partial charge in [-0.15, -0.1) is 0 Å². The molecule has 5 nitrogen and oxygen atoms in total. The lowest BCUT2D eigenvalue weighted by Gasteiger charge is -2.14. The molecule has 12 aromatic rings. The van der Waals surface area contributed by atoms with Gasteiger partial charge in [-0.3, -0.25) is 0 Å². The van der Waals surface area contributed by atoms with Gasteiger partial charge in [0.05, 0.1) is 11.0 Å². The Bertz CT molecular complexity index is 3450. The van der Waals surface area contributed by atoms with Crippen molar-refractivity contribution >= 4 is 43.7 Å². The fourth-order valence-electron chi connectivity index (χ4n) is 8.95. The van der Waals surface area contributed by atoms with E-state index >= 15 is 0 Å². The second-order valence-corrected chi connectivity index (χ2v) is 15.6. The Kier molecular flexibility index (Phi) is 8.42. The molecule has 290 valence electrons. The summed E-state index contributed by atoms with van der Waals surface area (Å²) < 4.78 is 9.48. The zero-order valence-electron chi connectivity index (χ0n) is 33.5. The van der Waals surface area contributed by atoms with Gasteiger partial charge < -0.3 is 8.98 Å². The average molecular weight is 793 g/mol. The Hall–Kier alpha value is -8.41. The number of nitrogens with zero attached hydrogens (tertiary/aromatic N) is 4. The zero-order chi connectivity index (χ0) is 41.0. The first-order valence-corrected chi connectivity index (χ1v) is 20.8. The second kappa shape index (κ2) is 14.7. The van der Waals surface area contributed by atoms with Crippen molar-refractivity contribution in [2.45, 2.75) is 0 Å². The Labute approximate surface area is 357 Å². The van der Waals surface area contributed by atoms with E-state index in [0.717, 1.165) is 88.7 Å². The molecule has 0 spiro atoms. The molecule has 0 aliphatic carbocycles. The topological polar surface area (TPSA) is 56.7 Å². The highest BCUT2D eigenvalue weighted by atomic mass is 16.3. The number of hydrogen-bond donors (Lipinski definition) is 0. The SMILES string of the molecule is c1ccc(-c2cc(-c3ccccc3)cc(-c3cc(-n4c5ccccc5c5ccccc54)cc4c3oc3cccc(-c5nc(-c6ccccc6)nc(-c6ccccc6)n5)c34)c2)cc1. The maximum Gasteiger partial charge on any atom is 0.164 e. The smallest absolute Gasteiger partial charge is 0.164 e. The zero-order valence-corrected chi connectivity index (χ0v) is 33.5. The fraction of sp³-hybridized carbons (Fsp3) is 0. The summed E-state index contributed by atoms with van der Waals surface area (Å²) in [6, 6.07) is 76.4. The molecule has 0 aliphatic heterocycles. The number of aromatic nitrogens is 4. The lowest BCUT2D eigenvalue weighted by atomic mass is 9.92. The summed E-state index contributed by atoms with van der Waals surface area (Å²) >= 11 is 0. The van der Waals surface area contributed by atoms with Crippen molar-refractivity contribution in [2.24, 2.45) is 0 Å². The molecule has 0 saturated heterocycles. The summed E-state index contributed by atoms with van der Waals surface area (Å²) in [4.78, 5) is 15.4. The second-order valence-electron chi connectivity index (χ2n) is 15.6. The van der Waals surface area contributed by atoms with Crippen LogP contribution in [0.25, 0.3) is 117 Å². The highest BCUT2D eigenvalue weighted by Crippen LogP contribution is 2.45. The van der Waals surface area contributed by atoms with Gasteiger partial charge in [-0.1, -0.05) is 170 Å². The van der Waals surface area contributed by atoms with Gasteiger partial charge in [-0.05, 0) is 76.3 Å². The molecule has 0 saturated carbocycles. The fourth-order valence-corrected chi connectivity index (χ4v) is 8.95. The van der Waals surface area contributed by atoms with Crippen LogP contribution in [-0.2, 0) is 0 Å². The molecule has 0 fully saturated rings. The maximum absolute atomic E-state index is 7.09. The molecule has 0 unspecified atom stereocenters. The molecule has 0 amide bonds. The average Bonchev–Trinajstić information content (AvgIpc) is 3.90. The Morgan fingerprint density at radius 1 is 0.323 bits per heavy atom. The quantitative estimate of drug-likeness (QED) is 0.161. The molecule has 0 atom stereocenters. The molecule has 0 N–H and O–H groups in total. The third kappa shape index (κ3) is 6.06. The van der Waals surface area contributed by atoms with Crippen molar-refractivity contribution in [1.82, 2.24) is 19.5 Å². The van der Waals surface area contributed by atoms with Gasteiger partial charge in [0.2, 0.25) is 0 Å². The van der Waals surface area contributed by atoms with Crippen molar-refractivity contribution in [3.63, 3.8) is 0 Å². The minimum Gasteiger partial charge on any atom is -0.455 e. The molecule has 9 aromatic carbocycles. The normalized spacial score (nSPS) is 11.5. The summed E-state index contributed by atoms with van der Waals surface area (Å²) in [6.45, 7) is 0. The predicted molar refractivity (Wildman–Crippen MR) is 254 cm³/mol. The first-order valence-electron chi connectivity index (χ1n) is 20.8. The predicted octanol–water partition coefficient (Wildman–Crippen LogP) is 14.9. The highest BCUT2D eigenvalue weighted by molar-refractivity contribution is 6.17. The lowest BCUT2D eigenvalue weighted by molar-refractivity contribution is 0.670. The summed E-state index contributed by atoms with van der Waals surface area (Å²) in [5.41, 5.74) is 14.1. The van der Waals surface area contributed by atoms with Crippen molar-refractivity contribution in [3.8, 4) is 73.2 Å². The van der Waals surface area contributed by atoms with Crippen LogP contribution in [0.4, 0.5) is 0 Å². The molecule has 0 radical (unpaired) electrons. The van der Waals surface area contributed by atoms with E-state index in [-0.39, 0.29) is 0 Å². The summed E-state index contributed by atoms with van der Waals surface area (Å²) in [5, 5.41) is 4.32. The van der Waals surface area contributed by atoms with Gasteiger partial charge in [0.15, 0.2) is 17.5 Å². The maximum atomic E-state index is 7.09. The van der Waals surface area contributed by atoms with Crippen LogP contribution < -0.4 is 0 Å². The number of fused-ring (bicyclic) bond motifs is 6. The van der Waals surface area contributed by atoms with Gasteiger partial charge in [0.25, 0.3) is 0 Å². The first-order chi connectivity index (χ1) is 30.7. The van der Waals surface area contributed by atoms with Crippen LogP contribution in [0.3, 0.4) is 0 Å². The molecule has 62 heavy (non-hydrogen) atoms. The van der Waals surface area contributed by atoms with Crippen LogP contribution in [0.1, 0.15) is 0 Å². The van der Waals surface area contributed by atoms with Crippen molar-refractivity contribution in [1.29, 1.82) is 0 Å². The molecular formula is C57H36N4O. The van der Waals surface area contributed by atoms with Crippen LogP contribution in [-0.4, -0.2) is 19.5 Å². The van der Waals surface area contributed by atoms with E-state index in [2.05, 4.69) is 156 Å². The van der Waals surface area contributed by atoms with Gasteiger partial charge in [-0.25, -0.2) is 15.0 Å². The Morgan fingerprint density at radius 2 is 0.790 bits per heavy atom. The molecular weight excluding hydrogens is 757 g/mol. The summed E-state index contributed by atoms with van der Waals surface area (Å²) in [7, 11) is 0. The van der Waals surface area contributed by atoms with Crippen LogP contribution >= 0.6 is 0 Å². The molecule has 0 aliphatic rings. The van der Waals surface area contributed by atoms with E-state index in [9.17, 15) is 0 Å². The molecule has 3 heterocycles. The number of benzene rings is 9. The van der Waals surface area contributed by atoms with Gasteiger partial charge in [-0.2, -0.15) is 0 Å².